The molecule has 110 valence electrons. The van der Waals surface area contributed by atoms with Gasteiger partial charge in [-0.05, 0) is 35.4 Å². The van der Waals surface area contributed by atoms with Crippen molar-refractivity contribution in [1.82, 2.24) is 0 Å². The number of nitrogen functional groups attached to an aromatic ring is 1. The van der Waals surface area contributed by atoms with E-state index in [0.717, 1.165) is 16.7 Å². The number of terminal acetylenes is 1. The highest BCUT2D eigenvalue weighted by Crippen LogP contribution is 2.09. The standard InChI is InChI=1S/C19H17NO2/c1-2-14-3-5-15(6-4-14)11-18(21)13-19(22)12-16-7-9-17(20)10-8-16/h1,3-10H,11-13,20H2. The first kappa shape index (κ1) is 15.5. The Balaban J connectivity index is 1.86. The van der Waals surface area contributed by atoms with Crippen molar-refractivity contribution < 1.29 is 9.59 Å². The summed E-state index contributed by atoms with van der Waals surface area (Å²) in [7, 11) is 0. The number of rotatable bonds is 6. The molecule has 0 fully saturated rings. The van der Waals surface area contributed by atoms with Gasteiger partial charge in [0, 0.05) is 24.1 Å². The van der Waals surface area contributed by atoms with Crippen molar-refractivity contribution in [2.75, 3.05) is 5.73 Å². The van der Waals surface area contributed by atoms with E-state index in [1.165, 1.54) is 0 Å². The first-order chi connectivity index (χ1) is 10.6. The van der Waals surface area contributed by atoms with Gasteiger partial charge < -0.3 is 5.73 Å². The number of carbonyl (C=O) groups is 2. The van der Waals surface area contributed by atoms with E-state index >= 15 is 0 Å². The minimum Gasteiger partial charge on any atom is -0.399 e. The molecular formula is C19H17NO2. The zero-order valence-corrected chi connectivity index (χ0v) is 12.2. The van der Waals surface area contributed by atoms with Gasteiger partial charge in [0.05, 0.1) is 6.42 Å². The Labute approximate surface area is 130 Å². The van der Waals surface area contributed by atoms with E-state index in [4.69, 9.17) is 12.2 Å². The highest BCUT2D eigenvalue weighted by atomic mass is 16.1. The maximum atomic E-state index is 11.9. The van der Waals surface area contributed by atoms with Gasteiger partial charge in [0.2, 0.25) is 0 Å². The lowest BCUT2D eigenvalue weighted by atomic mass is 10.0. The van der Waals surface area contributed by atoms with Crippen LogP contribution in [0.3, 0.4) is 0 Å². The van der Waals surface area contributed by atoms with Crippen LogP contribution in [0.15, 0.2) is 48.5 Å². The summed E-state index contributed by atoms with van der Waals surface area (Å²) in [6.07, 6.45) is 5.73. The minimum absolute atomic E-state index is 0.0543. The molecule has 0 aromatic heterocycles. The molecule has 0 spiro atoms. The Bertz CT molecular complexity index is 707. The number of hydrogen-bond donors (Lipinski definition) is 1. The van der Waals surface area contributed by atoms with Crippen LogP contribution >= 0.6 is 0 Å². The fourth-order valence-corrected chi connectivity index (χ4v) is 2.15. The first-order valence-electron chi connectivity index (χ1n) is 7.00. The van der Waals surface area contributed by atoms with E-state index < -0.39 is 0 Å². The highest BCUT2D eigenvalue weighted by Gasteiger charge is 2.11. The molecule has 0 saturated carbocycles. The summed E-state index contributed by atoms with van der Waals surface area (Å²) in [5, 5.41) is 0. The predicted octanol–water partition coefficient (Wildman–Crippen LogP) is 2.56. The van der Waals surface area contributed by atoms with Gasteiger partial charge in [-0.15, -0.1) is 6.42 Å². The molecule has 0 unspecified atom stereocenters. The van der Waals surface area contributed by atoms with Gasteiger partial charge in [-0.2, -0.15) is 0 Å². The van der Waals surface area contributed by atoms with E-state index in [2.05, 4.69) is 5.92 Å². The van der Waals surface area contributed by atoms with Gasteiger partial charge in [0.25, 0.3) is 0 Å². The van der Waals surface area contributed by atoms with Crippen LogP contribution in [0, 0.1) is 12.3 Å². The summed E-state index contributed by atoms with van der Waals surface area (Å²) < 4.78 is 0. The third-order valence-electron chi connectivity index (χ3n) is 3.30. The fourth-order valence-electron chi connectivity index (χ4n) is 2.15. The second-order valence-corrected chi connectivity index (χ2v) is 5.19. The van der Waals surface area contributed by atoms with Crippen LogP contribution in [-0.2, 0) is 22.4 Å². The fraction of sp³-hybridized carbons (Fsp3) is 0.158. The predicted molar refractivity (Wildman–Crippen MR) is 87.3 cm³/mol. The lowest BCUT2D eigenvalue weighted by molar-refractivity contribution is -0.126. The van der Waals surface area contributed by atoms with Crippen LogP contribution in [0.2, 0.25) is 0 Å². The molecule has 2 rings (SSSR count). The maximum Gasteiger partial charge on any atom is 0.144 e. The van der Waals surface area contributed by atoms with Gasteiger partial charge in [0.1, 0.15) is 11.6 Å². The van der Waals surface area contributed by atoms with Crippen molar-refractivity contribution in [3.05, 3.63) is 65.2 Å². The highest BCUT2D eigenvalue weighted by molar-refractivity contribution is 6.00. The van der Waals surface area contributed by atoms with Crippen LogP contribution in [0.4, 0.5) is 5.69 Å². The Morgan fingerprint density at radius 1 is 0.864 bits per heavy atom. The summed E-state index contributed by atoms with van der Waals surface area (Å²) >= 11 is 0. The lowest BCUT2D eigenvalue weighted by Gasteiger charge is -2.03. The molecular weight excluding hydrogens is 274 g/mol. The van der Waals surface area contributed by atoms with Crippen LogP contribution < -0.4 is 5.73 Å². The normalized spacial score (nSPS) is 9.95. The average Bonchev–Trinajstić information content (AvgIpc) is 2.50. The van der Waals surface area contributed by atoms with Crippen molar-refractivity contribution in [2.24, 2.45) is 0 Å². The number of carbonyl (C=O) groups excluding carboxylic acids is 2. The molecule has 0 aliphatic rings. The second-order valence-electron chi connectivity index (χ2n) is 5.19. The van der Waals surface area contributed by atoms with Crippen molar-refractivity contribution >= 4 is 17.3 Å². The molecule has 3 nitrogen and oxygen atoms in total. The number of Topliss-reactive ketones (excluding diaryl/α,β-unsaturated/α-hetero) is 2. The first-order valence-corrected chi connectivity index (χ1v) is 7.00. The zero-order valence-electron chi connectivity index (χ0n) is 12.2. The summed E-state index contributed by atoms with van der Waals surface area (Å²) in [6.45, 7) is 0. The molecule has 0 radical (unpaired) electrons. The van der Waals surface area contributed by atoms with Crippen molar-refractivity contribution in [3.63, 3.8) is 0 Å². The lowest BCUT2D eigenvalue weighted by Crippen LogP contribution is -2.12. The van der Waals surface area contributed by atoms with Gasteiger partial charge in [0.15, 0.2) is 0 Å². The van der Waals surface area contributed by atoms with Gasteiger partial charge in [-0.25, -0.2) is 0 Å². The van der Waals surface area contributed by atoms with Crippen LogP contribution in [-0.4, -0.2) is 11.6 Å². The minimum atomic E-state index is -0.0890. The Hall–Kier alpha value is -2.86. The number of ketones is 2. The molecule has 0 saturated heterocycles. The van der Waals surface area contributed by atoms with Gasteiger partial charge in [-0.3, -0.25) is 9.59 Å². The average molecular weight is 291 g/mol. The van der Waals surface area contributed by atoms with E-state index in [9.17, 15) is 9.59 Å². The summed E-state index contributed by atoms with van der Waals surface area (Å²) in [5.41, 5.74) is 8.75. The molecule has 0 aliphatic carbocycles. The number of anilines is 1. The van der Waals surface area contributed by atoms with Crippen molar-refractivity contribution in [2.45, 2.75) is 19.3 Å². The molecule has 2 N–H and O–H groups in total. The zero-order chi connectivity index (χ0) is 15.9. The van der Waals surface area contributed by atoms with Crippen molar-refractivity contribution in [3.8, 4) is 12.3 Å². The largest absolute Gasteiger partial charge is 0.399 e. The molecule has 0 bridgehead atoms. The summed E-state index contributed by atoms with van der Waals surface area (Å²) in [4.78, 5) is 23.9. The topological polar surface area (TPSA) is 60.2 Å². The molecule has 0 atom stereocenters. The molecule has 3 heteroatoms. The summed E-state index contributed by atoms with van der Waals surface area (Å²) in [5.74, 6) is 2.35. The molecule has 0 heterocycles. The van der Waals surface area contributed by atoms with Crippen LogP contribution in [0.1, 0.15) is 23.1 Å². The summed E-state index contributed by atoms with van der Waals surface area (Å²) in [6, 6.07) is 14.3. The number of benzene rings is 2. The number of hydrogen-bond acceptors (Lipinski definition) is 3. The maximum absolute atomic E-state index is 11.9. The SMILES string of the molecule is C#Cc1ccc(CC(=O)CC(=O)Cc2ccc(N)cc2)cc1. The van der Waals surface area contributed by atoms with E-state index in [-0.39, 0.29) is 30.8 Å². The Kier molecular flexibility index (Phi) is 5.11. The van der Waals surface area contributed by atoms with Gasteiger partial charge >= 0.3 is 0 Å². The van der Waals surface area contributed by atoms with Crippen LogP contribution in [0.5, 0.6) is 0 Å². The molecule has 22 heavy (non-hydrogen) atoms. The smallest absolute Gasteiger partial charge is 0.144 e. The Morgan fingerprint density at radius 3 is 1.77 bits per heavy atom. The monoisotopic (exact) mass is 291 g/mol. The molecule has 2 aromatic carbocycles. The number of nitrogens with two attached hydrogens (primary N) is 1. The van der Waals surface area contributed by atoms with Gasteiger partial charge in [-0.1, -0.05) is 30.2 Å². The molecule has 0 aliphatic heterocycles. The van der Waals surface area contributed by atoms with Crippen molar-refractivity contribution in [1.29, 1.82) is 0 Å². The van der Waals surface area contributed by atoms with E-state index in [1.54, 1.807) is 36.4 Å². The van der Waals surface area contributed by atoms with E-state index in [1.807, 2.05) is 12.1 Å². The second kappa shape index (κ2) is 7.24. The van der Waals surface area contributed by atoms with Crippen LogP contribution in [0.25, 0.3) is 0 Å². The van der Waals surface area contributed by atoms with E-state index in [0.29, 0.717) is 5.69 Å². The third kappa shape index (κ3) is 4.60. The Morgan fingerprint density at radius 2 is 1.32 bits per heavy atom. The quantitative estimate of drug-likeness (QED) is 0.505. The third-order valence-corrected chi connectivity index (χ3v) is 3.30. The molecule has 0 amide bonds. The molecule has 2 aromatic rings.